The molecule has 0 radical (unpaired) electrons. The van der Waals surface area contributed by atoms with Crippen LogP contribution in [0.15, 0.2) is 47.8 Å². The molecule has 0 aliphatic rings. The lowest BCUT2D eigenvalue weighted by Gasteiger charge is -2.04. The molecule has 2 aromatic heterocycles. The summed E-state index contributed by atoms with van der Waals surface area (Å²) in [6, 6.07) is 12.8. The van der Waals surface area contributed by atoms with Gasteiger partial charge in [-0.25, -0.2) is 4.98 Å². The Morgan fingerprint density at radius 1 is 1.17 bits per heavy atom. The van der Waals surface area contributed by atoms with Gasteiger partial charge in [0.2, 0.25) is 5.78 Å². The molecule has 3 nitrogen and oxygen atoms in total. The number of carbonyl (C=O) groups is 1. The lowest BCUT2D eigenvalue weighted by atomic mass is 10.1. The summed E-state index contributed by atoms with van der Waals surface area (Å²) in [5.74, 6) is -0.0811. The van der Waals surface area contributed by atoms with Gasteiger partial charge in [-0.3, -0.25) is 4.79 Å². The highest BCUT2D eigenvalue weighted by molar-refractivity contribution is 7.12. The van der Waals surface area contributed by atoms with E-state index in [-0.39, 0.29) is 5.78 Å². The first-order valence-corrected chi connectivity index (χ1v) is 6.37. The van der Waals surface area contributed by atoms with Gasteiger partial charge in [0, 0.05) is 11.1 Å². The highest BCUT2D eigenvalue weighted by Gasteiger charge is 2.13. The maximum absolute atomic E-state index is 12.2. The van der Waals surface area contributed by atoms with Gasteiger partial charge in [-0.1, -0.05) is 24.3 Å². The average molecular weight is 254 g/mol. The number of thiophene rings is 1. The van der Waals surface area contributed by atoms with E-state index in [0.717, 1.165) is 10.9 Å². The number of hydrogen-bond donors (Lipinski definition) is 1. The third kappa shape index (κ3) is 1.76. The molecule has 0 aliphatic heterocycles. The van der Waals surface area contributed by atoms with Crippen molar-refractivity contribution >= 4 is 33.7 Å². The third-order valence-electron chi connectivity index (χ3n) is 2.73. The van der Waals surface area contributed by atoms with Crippen LogP contribution < -0.4 is 5.73 Å². The number of fused-ring (bicyclic) bond motifs is 1. The van der Waals surface area contributed by atoms with Crippen LogP contribution in [0.2, 0.25) is 0 Å². The Morgan fingerprint density at radius 2 is 2.00 bits per heavy atom. The second-order valence-electron chi connectivity index (χ2n) is 3.92. The van der Waals surface area contributed by atoms with Crippen molar-refractivity contribution in [1.82, 2.24) is 4.98 Å². The molecule has 4 heteroatoms. The van der Waals surface area contributed by atoms with Crippen LogP contribution in [0.3, 0.4) is 0 Å². The molecule has 0 fully saturated rings. The lowest BCUT2D eigenvalue weighted by molar-refractivity contribution is 0.103. The van der Waals surface area contributed by atoms with Crippen molar-refractivity contribution in [3.05, 3.63) is 58.4 Å². The van der Waals surface area contributed by atoms with Crippen LogP contribution >= 0.6 is 11.3 Å². The number of pyridine rings is 1. The third-order valence-corrected chi connectivity index (χ3v) is 3.59. The second-order valence-corrected chi connectivity index (χ2v) is 4.87. The number of anilines is 1. The number of para-hydroxylation sites is 1. The molecule has 2 heterocycles. The molecule has 3 rings (SSSR count). The Labute approximate surface area is 108 Å². The van der Waals surface area contributed by atoms with Crippen LogP contribution in [-0.4, -0.2) is 10.8 Å². The van der Waals surface area contributed by atoms with E-state index in [9.17, 15) is 4.79 Å². The zero-order valence-electron chi connectivity index (χ0n) is 9.46. The minimum Gasteiger partial charge on any atom is -0.398 e. The van der Waals surface area contributed by atoms with Gasteiger partial charge in [0.05, 0.1) is 10.4 Å². The molecular formula is C14H10N2OS. The van der Waals surface area contributed by atoms with Crippen LogP contribution in [0, 0.1) is 0 Å². The number of nitrogen functional groups attached to an aromatic ring is 1. The number of carbonyl (C=O) groups excluding carboxylic acids is 1. The molecule has 18 heavy (non-hydrogen) atoms. The van der Waals surface area contributed by atoms with Crippen molar-refractivity contribution in [2.75, 3.05) is 5.73 Å². The number of benzene rings is 1. The van der Waals surface area contributed by atoms with Gasteiger partial charge in [0.25, 0.3) is 0 Å². The summed E-state index contributed by atoms with van der Waals surface area (Å²) in [5, 5.41) is 2.75. The largest absolute Gasteiger partial charge is 0.398 e. The van der Waals surface area contributed by atoms with E-state index in [1.807, 2.05) is 35.7 Å². The average Bonchev–Trinajstić information content (AvgIpc) is 2.91. The first-order valence-electron chi connectivity index (χ1n) is 5.49. The maximum Gasteiger partial charge on any atom is 0.221 e. The first-order chi connectivity index (χ1) is 8.75. The Morgan fingerprint density at radius 3 is 2.78 bits per heavy atom. The summed E-state index contributed by atoms with van der Waals surface area (Å²) in [7, 11) is 0. The van der Waals surface area contributed by atoms with Gasteiger partial charge in [0.15, 0.2) is 0 Å². The molecule has 0 unspecified atom stereocenters. The van der Waals surface area contributed by atoms with Crippen molar-refractivity contribution in [3.8, 4) is 0 Å². The van der Waals surface area contributed by atoms with Gasteiger partial charge in [-0.2, -0.15) is 0 Å². The van der Waals surface area contributed by atoms with Crippen molar-refractivity contribution in [2.24, 2.45) is 0 Å². The van der Waals surface area contributed by atoms with E-state index in [1.165, 1.54) is 11.3 Å². The molecule has 2 N–H and O–H groups in total. The fraction of sp³-hybridized carbons (Fsp3) is 0. The standard InChI is InChI=1S/C14H10N2OS/c15-10-8-12(14(17)13-6-3-7-18-13)16-11-5-2-1-4-9(10)11/h1-8H,(H2,15,16). The highest BCUT2D eigenvalue weighted by Crippen LogP contribution is 2.22. The Hall–Kier alpha value is -2.20. The van der Waals surface area contributed by atoms with Crippen molar-refractivity contribution in [1.29, 1.82) is 0 Å². The SMILES string of the molecule is Nc1cc(C(=O)c2cccs2)nc2ccccc12. The number of nitrogens with two attached hydrogens (primary N) is 1. The first kappa shape index (κ1) is 10.9. The molecule has 0 bridgehead atoms. The van der Waals surface area contributed by atoms with Crippen molar-refractivity contribution < 1.29 is 4.79 Å². The number of rotatable bonds is 2. The lowest BCUT2D eigenvalue weighted by Crippen LogP contribution is -2.04. The molecule has 88 valence electrons. The number of nitrogens with zero attached hydrogens (tertiary/aromatic N) is 1. The topological polar surface area (TPSA) is 56.0 Å². The summed E-state index contributed by atoms with van der Waals surface area (Å²) in [4.78, 5) is 17.2. The van der Waals surface area contributed by atoms with Gasteiger partial charge in [-0.05, 0) is 23.6 Å². The molecule has 0 amide bonds. The molecule has 0 spiro atoms. The van der Waals surface area contributed by atoms with E-state index in [0.29, 0.717) is 16.3 Å². The molecule has 0 atom stereocenters. The van der Waals surface area contributed by atoms with Crippen LogP contribution in [-0.2, 0) is 0 Å². The molecule has 0 aliphatic carbocycles. The molecular weight excluding hydrogens is 244 g/mol. The smallest absolute Gasteiger partial charge is 0.221 e. The normalized spacial score (nSPS) is 10.7. The highest BCUT2D eigenvalue weighted by atomic mass is 32.1. The van der Waals surface area contributed by atoms with Crippen LogP contribution in [0.4, 0.5) is 5.69 Å². The van der Waals surface area contributed by atoms with Gasteiger partial charge in [-0.15, -0.1) is 11.3 Å². The number of aromatic nitrogens is 1. The second kappa shape index (κ2) is 4.23. The summed E-state index contributed by atoms with van der Waals surface area (Å²) >= 11 is 1.41. The Bertz CT molecular complexity index is 720. The van der Waals surface area contributed by atoms with E-state index in [1.54, 1.807) is 12.1 Å². The van der Waals surface area contributed by atoms with Crippen LogP contribution in [0.1, 0.15) is 15.4 Å². The maximum atomic E-state index is 12.2. The van der Waals surface area contributed by atoms with Crippen LogP contribution in [0.25, 0.3) is 10.9 Å². The quantitative estimate of drug-likeness (QED) is 0.715. The fourth-order valence-electron chi connectivity index (χ4n) is 1.85. The minimum atomic E-state index is -0.0811. The van der Waals surface area contributed by atoms with E-state index in [2.05, 4.69) is 4.98 Å². The van der Waals surface area contributed by atoms with Crippen molar-refractivity contribution in [2.45, 2.75) is 0 Å². The summed E-state index contributed by atoms with van der Waals surface area (Å²) in [6.07, 6.45) is 0. The summed E-state index contributed by atoms with van der Waals surface area (Å²) in [5.41, 5.74) is 7.69. The predicted molar refractivity (Wildman–Crippen MR) is 73.9 cm³/mol. The zero-order valence-corrected chi connectivity index (χ0v) is 10.3. The summed E-state index contributed by atoms with van der Waals surface area (Å²) in [6.45, 7) is 0. The van der Waals surface area contributed by atoms with Gasteiger partial charge < -0.3 is 5.73 Å². The predicted octanol–water partition coefficient (Wildman–Crippen LogP) is 3.11. The molecule has 3 aromatic rings. The Kier molecular flexibility index (Phi) is 2.57. The number of ketones is 1. The fourth-order valence-corrected chi connectivity index (χ4v) is 2.53. The number of hydrogen-bond acceptors (Lipinski definition) is 4. The van der Waals surface area contributed by atoms with E-state index < -0.39 is 0 Å². The van der Waals surface area contributed by atoms with E-state index in [4.69, 9.17) is 5.73 Å². The van der Waals surface area contributed by atoms with E-state index >= 15 is 0 Å². The van der Waals surface area contributed by atoms with Crippen LogP contribution in [0.5, 0.6) is 0 Å². The summed E-state index contributed by atoms with van der Waals surface area (Å²) < 4.78 is 0. The zero-order chi connectivity index (χ0) is 12.5. The molecule has 1 aromatic carbocycles. The monoisotopic (exact) mass is 254 g/mol. The van der Waals surface area contributed by atoms with Gasteiger partial charge >= 0.3 is 0 Å². The van der Waals surface area contributed by atoms with Crippen molar-refractivity contribution in [3.63, 3.8) is 0 Å². The molecule has 0 saturated carbocycles. The Balaban J connectivity index is 2.16. The molecule has 0 saturated heterocycles. The van der Waals surface area contributed by atoms with Gasteiger partial charge in [0.1, 0.15) is 5.69 Å². The minimum absolute atomic E-state index is 0.0811.